The molecule has 110 valence electrons. The second-order valence-corrected chi connectivity index (χ2v) is 5.47. The van der Waals surface area contributed by atoms with Crippen molar-refractivity contribution in [2.75, 3.05) is 11.9 Å². The van der Waals surface area contributed by atoms with Crippen LogP contribution in [-0.4, -0.2) is 18.5 Å². The first kappa shape index (κ1) is 16.0. The maximum Gasteiger partial charge on any atom is 0.319 e. The van der Waals surface area contributed by atoms with Crippen LogP contribution < -0.4 is 22.1 Å². The summed E-state index contributed by atoms with van der Waals surface area (Å²) in [7, 11) is 0. The van der Waals surface area contributed by atoms with Crippen LogP contribution in [0.3, 0.4) is 0 Å². The molecule has 0 aliphatic carbocycles. The summed E-state index contributed by atoms with van der Waals surface area (Å²) in [4.78, 5) is 22.9. The quantitative estimate of drug-likeness (QED) is 0.652. The van der Waals surface area contributed by atoms with Crippen LogP contribution >= 0.6 is 0 Å². The van der Waals surface area contributed by atoms with Crippen LogP contribution in [-0.2, 0) is 4.79 Å². The largest absolute Gasteiger partial charge is 0.369 e. The SMILES string of the molecule is CC(N)c1cccc(NC(=O)NCC(C)(C)C(N)=O)c1. The summed E-state index contributed by atoms with van der Waals surface area (Å²) in [5, 5.41) is 5.31. The van der Waals surface area contributed by atoms with Gasteiger partial charge in [-0.25, -0.2) is 4.79 Å². The van der Waals surface area contributed by atoms with Crippen LogP contribution in [0.5, 0.6) is 0 Å². The van der Waals surface area contributed by atoms with Crippen LogP contribution in [0.4, 0.5) is 10.5 Å². The van der Waals surface area contributed by atoms with Crippen molar-refractivity contribution in [1.82, 2.24) is 5.32 Å². The van der Waals surface area contributed by atoms with Gasteiger partial charge in [0, 0.05) is 18.3 Å². The molecule has 1 aromatic carbocycles. The number of urea groups is 1. The highest BCUT2D eigenvalue weighted by molar-refractivity contribution is 5.90. The van der Waals surface area contributed by atoms with Crippen LogP contribution in [0.1, 0.15) is 32.4 Å². The number of nitrogens with one attached hydrogen (secondary N) is 2. The Morgan fingerprint density at radius 3 is 2.55 bits per heavy atom. The molecule has 1 atom stereocenters. The third-order valence-electron chi connectivity index (χ3n) is 3.03. The predicted octanol–water partition coefficient (Wildman–Crippen LogP) is 1.34. The fourth-order valence-electron chi connectivity index (χ4n) is 1.46. The van der Waals surface area contributed by atoms with Gasteiger partial charge in [-0.05, 0) is 38.5 Å². The van der Waals surface area contributed by atoms with Gasteiger partial charge in [0.25, 0.3) is 0 Å². The highest BCUT2D eigenvalue weighted by Gasteiger charge is 2.25. The molecule has 0 aliphatic heterocycles. The van der Waals surface area contributed by atoms with Gasteiger partial charge in [-0.15, -0.1) is 0 Å². The van der Waals surface area contributed by atoms with Gasteiger partial charge in [0.1, 0.15) is 0 Å². The van der Waals surface area contributed by atoms with Crippen molar-refractivity contribution in [3.8, 4) is 0 Å². The fraction of sp³-hybridized carbons (Fsp3) is 0.429. The molecule has 0 fully saturated rings. The third-order valence-corrected chi connectivity index (χ3v) is 3.03. The number of rotatable bonds is 5. The van der Waals surface area contributed by atoms with E-state index in [-0.39, 0.29) is 18.6 Å². The van der Waals surface area contributed by atoms with Crippen molar-refractivity contribution in [2.45, 2.75) is 26.8 Å². The summed E-state index contributed by atoms with van der Waals surface area (Å²) in [5.74, 6) is -0.461. The topological polar surface area (TPSA) is 110 Å². The molecule has 1 aromatic rings. The minimum Gasteiger partial charge on any atom is -0.369 e. The Morgan fingerprint density at radius 1 is 1.35 bits per heavy atom. The number of hydrogen-bond donors (Lipinski definition) is 4. The van der Waals surface area contributed by atoms with Gasteiger partial charge in [-0.3, -0.25) is 4.79 Å². The highest BCUT2D eigenvalue weighted by atomic mass is 16.2. The first-order valence-electron chi connectivity index (χ1n) is 6.42. The van der Waals surface area contributed by atoms with Crippen molar-refractivity contribution in [3.05, 3.63) is 29.8 Å². The Hall–Kier alpha value is -2.08. The van der Waals surface area contributed by atoms with Gasteiger partial charge in [-0.2, -0.15) is 0 Å². The molecule has 1 unspecified atom stereocenters. The van der Waals surface area contributed by atoms with E-state index in [1.165, 1.54) is 0 Å². The molecular weight excluding hydrogens is 256 g/mol. The molecule has 0 radical (unpaired) electrons. The van der Waals surface area contributed by atoms with E-state index in [2.05, 4.69) is 10.6 Å². The molecular formula is C14H22N4O2. The normalized spacial score (nSPS) is 12.6. The molecule has 0 saturated heterocycles. The summed E-state index contributed by atoms with van der Waals surface area (Å²) in [6.45, 7) is 5.38. The highest BCUT2D eigenvalue weighted by Crippen LogP contribution is 2.16. The first-order valence-corrected chi connectivity index (χ1v) is 6.42. The van der Waals surface area contributed by atoms with E-state index in [9.17, 15) is 9.59 Å². The molecule has 0 aromatic heterocycles. The van der Waals surface area contributed by atoms with E-state index in [0.717, 1.165) is 5.56 Å². The minimum atomic E-state index is -0.787. The summed E-state index contributed by atoms with van der Waals surface area (Å²) in [5.41, 5.74) is 11.8. The third kappa shape index (κ3) is 4.55. The lowest BCUT2D eigenvalue weighted by molar-refractivity contribution is -0.125. The maximum absolute atomic E-state index is 11.8. The molecule has 20 heavy (non-hydrogen) atoms. The average Bonchev–Trinajstić information content (AvgIpc) is 2.36. The fourth-order valence-corrected chi connectivity index (χ4v) is 1.46. The molecule has 6 N–H and O–H groups in total. The predicted molar refractivity (Wildman–Crippen MR) is 79.0 cm³/mol. The van der Waals surface area contributed by atoms with E-state index in [4.69, 9.17) is 11.5 Å². The Labute approximate surface area is 118 Å². The smallest absolute Gasteiger partial charge is 0.319 e. The van der Waals surface area contributed by atoms with Gasteiger partial charge >= 0.3 is 6.03 Å². The average molecular weight is 278 g/mol. The zero-order valence-corrected chi connectivity index (χ0v) is 12.1. The Bertz CT molecular complexity index is 498. The summed E-state index contributed by atoms with van der Waals surface area (Å²) in [6.07, 6.45) is 0. The van der Waals surface area contributed by atoms with Crippen molar-refractivity contribution in [3.63, 3.8) is 0 Å². The Kier molecular flexibility index (Phi) is 5.10. The van der Waals surface area contributed by atoms with Crippen molar-refractivity contribution in [1.29, 1.82) is 0 Å². The van der Waals surface area contributed by atoms with Crippen molar-refractivity contribution < 1.29 is 9.59 Å². The number of amides is 3. The number of benzene rings is 1. The van der Waals surface area contributed by atoms with Gasteiger partial charge < -0.3 is 22.1 Å². The van der Waals surface area contributed by atoms with Gasteiger partial charge in [0.05, 0.1) is 5.41 Å². The first-order chi connectivity index (χ1) is 9.22. The number of nitrogens with two attached hydrogens (primary N) is 2. The minimum absolute atomic E-state index is 0.103. The van der Waals surface area contributed by atoms with Gasteiger partial charge in [-0.1, -0.05) is 12.1 Å². The summed E-state index contributed by atoms with van der Waals surface area (Å²) < 4.78 is 0. The molecule has 1 rings (SSSR count). The van der Waals surface area contributed by atoms with Gasteiger partial charge in [0.15, 0.2) is 0 Å². The van der Waals surface area contributed by atoms with Crippen LogP contribution in [0, 0.1) is 5.41 Å². The van der Waals surface area contributed by atoms with E-state index < -0.39 is 11.3 Å². The van der Waals surface area contributed by atoms with Gasteiger partial charge in [0.2, 0.25) is 5.91 Å². The molecule has 0 bridgehead atoms. The van der Waals surface area contributed by atoms with Crippen LogP contribution in [0.25, 0.3) is 0 Å². The molecule has 0 heterocycles. The molecule has 0 saturated carbocycles. The zero-order chi connectivity index (χ0) is 15.3. The number of anilines is 1. The van der Waals surface area contributed by atoms with E-state index in [0.29, 0.717) is 5.69 Å². The molecule has 6 heteroatoms. The standard InChI is InChI=1S/C14H22N4O2/c1-9(15)10-5-4-6-11(7-10)18-13(20)17-8-14(2,3)12(16)19/h4-7,9H,8,15H2,1-3H3,(H2,16,19)(H2,17,18,20). The van der Waals surface area contributed by atoms with E-state index in [1.54, 1.807) is 19.9 Å². The number of hydrogen-bond acceptors (Lipinski definition) is 3. The van der Waals surface area contributed by atoms with Crippen LogP contribution in [0.2, 0.25) is 0 Å². The van der Waals surface area contributed by atoms with E-state index >= 15 is 0 Å². The second kappa shape index (κ2) is 6.38. The lowest BCUT2D eigenvalue weighted by atomic mass is 9.93. The number of carbonyl (C=O) groups excluding carboxylic acids is 2. The monoisotopic (exact) mass is 278 g/mol. The number of primary amides is 1. The number of carbonyl (C=O) groups is 2. The summed E-state index contributed by atoms with van der Waals surface area (Å²) >= 11 is 0. The molecule has 3 amide bonds. The maximum atomic E-state index is 11.8. The molecule has 0 aliphatic rings. The molecule has 6 nitrogen and oxygen atoms in total. The Balaban J connectivity index is 2.59. The second-order valence-electron chi connectivity index (χ2n) is 5.47. The van der Waals surface area contributed by atoms with Crippen molar-refractivity contribution in [2.24, 2.45) is 16.9 Å². The lowest BCUT2D eigenvalue weighted by Gasteiger charge is -2.20. The van der Waals surface area contributed by atoms with Crippen molar-refractivity contribution >= 4 is 17.6 Å². The molecule has 0 spiro atoms. The summed E-state index contributed by atoms with van der Waals surface area (Å²) in [6, 6.07) is 6.80. The van der Waals surface area contributed by atoms with E-state index in [1.807, 2.05) is 25.1 Å². The Morgan fingerprint density at radius 2 is 2.00 bits per heavy atom. The van der Waals surface area contributed by atoms with Crippen LogP contribution in [0.15, 0.2) is 24.3 Å². The lowest BCUT2D eigenvalue weighted by Crippen LogP contribution is -2.43. The zero-order valence-electron chi connectivity index (χ0n) is 12.1.